The van der Waals surface area contributed by atoms with Gasteiger partial charge in [-0.05, 0) is 41.5 Å². The summed E-state index contributed by atoms with van der Waals surface area (Å²) in [5, 5.41) is 11.4. The fourth-order valence-corrected chi connectivity index (χ4v) is 3.93. The Morgan fingerprint density at radius 2 is 1.81 bits per heavy atom. The molecule has 3 aromatic carbocycles. The van der Waals surface area contributed by atoms with E-state index in [-0.39, 0.29) is 6.61 Å². The van der Waals surface area contributed by atoms with Gasteiger partial charge in [0, 0.05) is 32.9 Å². The van der Waals surface area contributed by atoms with Gasteiger partial charge in [0.15, 0.2) is 0 Å². The van der Waals surface area contributed by atoms with Gasteiger partial charge in [-0.25, -0.2) is 0 Å². The van der Waals surface area contributed by atoms with E-state index in [1.807, 2.05) is 42.5 Å². The monoisotopic (exact) mass is 408 g/mol. The first-order chi connectivity index (χ1) is 12.6. The van der Waals surface area contributed by atoms with Gasteiger partial charge < -0.3 is 15.4 Å². The molecule has 1 amide bonds. The molecule has 0 aliphatic rings. The molecule has 5 heteroatoms. The maximum Gasteiger partial charge on any atom is 0.249 e. The number of amides is 1. The number of carbonyl (C=O) groups is 1. The molecule has 0 spiro atoms. The predicted octanol–water partition coefficient (Wildman–Crippen LogP) is 4.20. The minimum atomic E-state index is -0.441. The molecule has 4 nitrogen and oxygen atoms in total. The lowest BCUT2D eigenvalue weighted by molar-refractivity contribution is 0.100. The summed E-state index contributed by atoms with van der Waals surface area (Å²) < 4.78 is 3.18. The number of aliphatic hydroxyl groups excluding tert-OH is 1. The Kier molecular flexibility index (Phi) is 4.26. The molecule has 3 N–H and O–H groups in total. The van der Waals surface area contributed by atoms with E-state index in [9.17, 15) is 9.90 Å². The van der Waals surface area contributed by atoms with Crippen molar-refractivity contribution < 1.29 is 9.90 Å². The Labute approximate surface area is 159 Å². The standard InChI is InChI=1S/C21H17BrN2O2/c22-15-4-1-3-13(9-15)11-24-18-6-2-5-17(21(23)26)20(18)16-8-7-14(12-25)10-19(16)24/h1-10,25H,11-12H2,(H2,23,26). The highest BCUT2D eigenvalue weighted by atomic mass is 79.9. The van der Waals surface area contributed by atoms with Gasteiger partial charge in [-0.15, -0.1) is 0 Å². The van der Waals surface area contributed by atoms with Crippen molar-refractivity contribution in [3.8, 4) is 0 Å². The number of primary amides is 1. The first-order valence-electron chi connectivity index (χ1n) is 8.27. The summed E-state index contributed by atoms with van der Waals surface area (Å²) in [6, 6.07) is 19.5. The van der Waals surface area contributed by atoms with Gasteiger partial charge in [0.1, 0.15) is 0 Å². The lowest BCUT2D eigenvalue weighted by Crippen LogP contribution is -2.11. The molecule has 1 heterocycles. The average molecular weight is 409 g/mol. The van der Waals surface area contributed by atoms with E-state index in [1.165, 1.54) is 0 Å². The first kappa shape index (κ1) is 16.8. The highest BCUT2D eigenvalue weighted by molar-refractivity contribution is 9.10. The molecule has 4 aromatic rings. The number of halogens is 1. The SMILES string of the molecule is NC(=O)c1cccc2c1c1ccc(CO)cc1n2Cc1cccc(Br)c1. The van der Waals surface area contributed by atoms with Gasteiger partial charge in [-0.1, -0.05) is 46.3 Å². The number of hydrogen-bond acceptors (Lipinski definition) is 2. The number of carbonyl (C=O) groups excluding carboxylic acids is 1. The topological polar surface area (TPSA) is 68.2 Å². The zero-order chi connectivity index (χ0) is 18.3. The van der Waals surface area contributed by atoms with Crippen molar-refractivity contribution >= 4 is 43.6 Å². The van der Waals surface area contributed by atoms with E-state index in [2.05, 4.69) is 32.6 Å². The van der Waals surface area contributed by atoms with E-state index >= 15 is 0 Å². The predicted molar refractivity (Wildman–Crippen MR) is 107 cm³/mol. The number of fused-ring (bicyclic) bond motifs is 3. The number of benzene rings is 3. The second-order valence-electron chi connectivity index (χ2n) is 6.29. The molecule has 0 saturated carbocycles. The minimum Gasteiger partial charge on any atom is -0.392 e. The summed E-state index contributed by atoms with van der Waals surface area (Å²) in [5.74, 6) is -0.441. The third kappa shape index (κ3) is 2.79. The maximum atomic E-state index is 12.0. The molecule has 26 heavy (non-hydrogen) atoms. The third-order valence-corrected chi connectivity index (χ3v) is 5.13. The number of aliphatic hydroxyl groups is 1. The molecule has 1 aromatic heterocycles. The summed E-state index contributed by atoms with van der Waals surface area (Å²) in [5.41, 5.74) is 10.0. The van der Waals surface area contributed by atoms with E-state index in [1.54, 1.807) is 6.07 Å². The van der Waals surface area contributed by atoms with Crippen LogP contribution in [-0.2, 0) is 13.2 Å². The molecule has 0 fully saturated rings. The average Bonchev–Trinajstić information content (AvgIpc) is 2.95. The van der Waals surface area contributed by atoms with Crippen LogP contribution in [0.3, 0.4) is 0 Å². The molecule has 0 aliphatic heterocycles. The lowest BCUT2D eigenvalue weighted by Gasteiger charge is -2.09. The van der Waals surface area contributed by atoms with Crippen LogP contribution in [0.1, 0.15) is 21.5 Å². The normalized spacial score (nSPS) is 11.3. The number of nitrogens with two attached hydrogens (primary N) is 1. The van der Waals surface area contributed by atoms with Gasteiger partial charge in [0.2, 0.25) is 5.91 Å². The molecule has 0 unspecified atom stereocenters. The Bertz CT molecular complexity index is 1150. The third-order valence-electron chi connectivity index (χ3n) is 4.63. The van der Waals surface area contributed by atoms with Crippen molar-refractivity contribution in [1.29, 1.82) is 0 Å². The maximum absolute atomic E-state index is 12.0. The fraction of sp³-hybridized carbons (Fsp3) is 0.0952. The van der Waals surface area contributed by atoms with Crippen LogP contribution in [-0.4, -0.2) is 15.6 Å². The van der Waals surface area contributed by atoms with Gasteiger partial charge >= 0.3 is 0 Å². The van der Waals surface area contributed by atoms with Crippen LogP contribution in [0.25, 0.3) is 21.8 Å². The van der Waals surface area contributed by atoms with Crippen LogP contribution < -0.4 is 5.73 Å². The molecule has 0 atom stereocenters. The van der Waals surface area contributed by atoms with Crippen LogP contribution in [0, 0.1) is 0 Å². The van der Waals surface area contributed by atoms with E-state index in [0.717, 1.165) is 37.4 Å². The fourth-order valence-electron chi connectivity index (χ4n) is 3.48. The van der Waals surface area contributed by atoms with Crippen molar-refractivity contribution in [2.24, 2.45) is 5.73 Å². The van der Waals surface area contributed by atoms with Crippen LogP contribution in [0.4, 0.5) is 0 Å². The Balaban J connectivity index is 2.05. The zero-order valence-electron chi connectivity index (χ0n) is 13.9. The van der Waals surface area contributed by atoms with Gasteiger partial charge in [-0.2, -0.15) is 0 Å². The molecule has 0 bridgehead atoms. The van der Waals surface area contributed by atoms with Gasteiger partial charge in [0.05, 0.1) is 12.1 Å². The van der Waals surface area contributed by atoms with Crippen molar-refractivity contribution in [3.05, 3.63) is 81.8 Å². The van der Waals surface area contributed by atoms with E-state index in [4.69, 9.17) is 5.73 Å². The van der Waals surface area contributed by atoms with Crippen molar-refractivity contribution in [2.75, 3.05) is 0 Å². The first-order valence-corrected chi connectivity index (χ1v) is 9.06. The highest BCUT2D eigenvalue weighted by Crippen LogP contribution is 2.33. The summed E-state index contributed by atoms with van der Waals surface area (Å²) in [6.45, 7) is 0.619. The summed E-state index contributed by atoms with van der Waals surface area (Å²) in [7, 11) is 0. The second kappa shape index (κ2) is 6.59. The van der Waals surface area contributed by atoms with Crippen molar-refractivity contribution in [1.82, 2.24) is 4.57 Å². The number of aromatic nitrogens is 1. The number of hydrogen-bond donors (Lipinski definition) is 2. The van der Waals surface area contributed by atoms with Crippen LogP contribution in [0.2, 0.25) is 0 Å². The van der Waals surface area contributed by atoms with E-state index in [0.29, 0.717) is 12.1 Å². The Morgan fingerprint density at radius 1 is 1.00 bits per heavy atom. The molecule has 130 valence electrons. The quantitative estimate of drug-likeness (QED) is 0.531. The second-order valence-corrected chi connectivity index (χ2v) is 7.21. The van der Waals surface area contributed by atoms with Crippen LogP contribution in [0.15, 0.2) is 65.1 Å². The zero-order valence-corrected chi connectivity index (χ0v) is 15.5. The molecule has 0 saturated heterocycles. The van der Waals surface area contributed by atoms with Crippen molar-refractivity contribution in [3.63, 3.8) is 0 Å². The molecule has 4 rings (SSSR count). The van der Waals surface area contributed by atoms with Gasteiger partial charge in [-0.3, -0.25) is 4.79 Å². The largest absolute Gasteiger partial charge is 0.392 e. The summed E-state index contributed by atoms with van der Waals surface area (Å²) in [4.78, 5) is 12.0. The molecule has 0 radical (unpaired) electrons. The van der Waals surface area contributed by atoms with Crippen molar-refractivity contribution in [2.45, 2.75) is 13.2 Å². The molecule has 0 aliphatic carbocycles. The minimum absolute atomic E-state index is 0.0307. The summed E-state index contributed by atoms with van der Waals surface area (Å²) >= 11 is 3.52. The molecular weight excluding hydrogens is 392 g/mol. The molecular formula is C21H17BrN2O2. The Hall–Kier alpha value is -2.63. The smallest absolute Gasteiger partial charge is 0.249 e. The summed E-state index contributed by atoms with van der Waals surface area (Å²) in [6.07, 6.45) is 0. The van der Waals surface area contributed by atoms with Gasteiger partial charge in [0.25, 0.3) is 0 Å². The lowest BCUT2D eigenvalue weighted by atomic mass is 10.0. The Morgan fingerprint density at radius 3 is 2.54 bits per heavy atom. The number of nitrogens with zero attached hydrogens (tertiary/aromatic N) is 1. The van der Waals surface area contributed by atoms with Crippen LogP contribution in [0.5, 0.6) is 0 Å². The number of rotatable bonds is 4. The van der Waals surface area contributed by atoms with Crippen LogP contribution >= 0.6 is 15.9 Å². The highest BCUT2D eigenvalue weighted by Gasteiger charge is 2.16. The van der Waals surface area contributed by atoms with E-state index < -0.39 is 5.91 Å².